The maximum Gasteiger partial charge on any atom is 0.0858 e. The van der Waals surface area contributed by atoms with E-state index in [1.165, 1.54) is 22.3 Å². The van der Waals surface area contributed by atoms with Crippen LogP contribution < -0.4 is 5.73 Å². The topological polar surface area (TPSA) is 38.4 Å². The Morgan fingerprint density at radius 2 is 1.50 bits per heavy atom. The minimum atomic E-state index is 0.277. The van der Waals surface area contributed by atoms with Crippen LogP contribution in [0.3, 0.4) is 0 Å². The van der Waals surface area contributed by atoms with Gasteiger partial charge in [-0.25, -0.2) is 4.99 Å². The summed E-state index contributed by atoms with van der Waals surface area (Å²) in [6.07, 6.45) is 4.50. The van der Waals surface area contributed by atoms with E-state index >= 15 is 0 Å². The molecule has 0 bridgehead atoms. The van der Waals surface area contributed by atoms with Crippen LogP contribution in [0.1, 0.15) is 47.2 Å². The van der Waals surface area contributed by atoms with E-state index in [2.05, 4.69) is 70.9 Å². The van der Waals surface area contributed by atoms with Crippen LogP contribution in [0.15, 0.2) is 53.5 Å². The van der Waals surface area contributed by atoms with Crippen LogP contribution in [0.4, 0.5) is 0 Å². The Morgan fingerprint density at radius 1 is 0.909 bits per heavy atom. The van der Waals surface area contributed by atoms with Crippen molar-refractivity contribution in [2.75, 3.05) is 0 Å². The van der Waals surface area contributed by atoms with Crippen LogP contribution in [-0.2, 0) is 12.8 Å². The zero-order valence-electron chi connectivity index (χ0n) is 12.5. The van der Waals surface area contributed by atoms with Gasteiger partial charge < -0.3 is 5.73 Å². The minimum Gasteiger partial charge on any atom is -0.324 e. The maximum atomic E-state index is 5.85. The summed E-state index contributed by atoms with van der Waals surface area (Å²) >= 11 is 4.60. The van der Waals surface area contributed by atoms with Gasteiger partial charge in [-0.05, 0) is 60.2 Å². The van der Waals surface area contributed by atoms with Gasteiger partial charge in [0, 0.05) is 6.04 Å². The number of hydrogen-bond donors (Lipinski definition) is 1. The van der Waals surface area contributed by atoms with Gasteiger partial charge in [-0.3, -0.25) is 0 Å². The van der Waals surface area contributed by atoms with Gasteiger partial charge in [-0.1, -0.05) is 48.5 Å². The number of aryl methyl sites for hydroxylation is 2. The Bertz CT molecular complexity index is 704. The van der Waals surface area contributed by atoms with E-state index in [1.54, 1.807) is 0 Å². The SMILES string of the molecule is NC1CCc2ccccc21.S=C=NC1CCc2ccccc21. The lowest BCUT2D eigenvalue weighted by Gasteiger charge is -2.01. The first-order valence-corrected chi connectivity index (χ1v) is 8.18. The Kier molecular flexibility index (Phi) is 4.79. The van der Waals surface area contributed by atoms with E-state index in [4.69, 9.17) is 5.73 Å². The Morgan fingerprint density at radius 3 is 2.18 bits per heavy atom. The third-order valence-corrected chi connectivity index (χ3v) is 4.59. The maximum absolute atomic E-state index is 5.85. The van der Waals surface area contributed by atoms with Crippen molar-refractivity contribution in [1.82, 2.24) is 0 Å². The van der Waals surface area contributed by atoms with E-state index in [0.29, 0.717) is 6.04 Å². The molecule has 4 rings (SSSR count). The average molecular weight is 308 g/mol. The average Bonchev–Trinajstić information content (AvgIpc) is 3.14. The third kappa shape index (κ3) is 3.17. The summed E-state index contributed by atoms with van der Waals surface area (Å²) in [6, 6.07) is 17.4. The van der Waals surface area contributed by atoms with E-state index in [1.807, 2.05) is 0 Å². The second kappa shape index (κ2) is 6.97. The summed E-state index contributed by atoms with van der Waals surface area (Å²) in [7, 11) is 0. The molecule has 0 amide bonds. The van der Waals surface area contributed by atoms with E-state index in [0.717, 1.165) is 25.7 Å². The molecule has 0 saturated heterocycles. The van der Waals surface area contributed by atoms with Crippen molar-refractivity contribution in [2.45, 2.75) is 37.8 Å². The highest BCUT2D eigenvalue weighted by Crippen LogP contribution is 2.33. The summed E-state index contributed by atoms with van der Waals surface area (Å²) in [5.41, 5.74) is 11.4. The molecule has 0 heterocycles. The molecule has 2 aromatic rings. The smallest absolute Gasteiger partial charge is 0.0858 e. The molecule has 3 heteroatoms. The summed E-state index contributed by atoms with van der Waals surface area (Å²) in [4.78, 5) is 4.13. The van der Waals surface area contributed by atoms with Crippen LogP contribution in [0.25, 0.3) is 0 Å². The lowest BCUT2D eigenvalue weighted by molar-refractivity contribution is 0.713. The Hall–Kier alpha value is -1.80. The van der Waals surface area contributed by atoms with Crippen LogP contribution in [0, 0.1) is 0 Å². The van der Waals surface area contributed by atoms with E-state index in [-0.39, 0.29) is 6.04 Å². The van der Waals surface area contributed by atoms with Crippen molar-refractivity contribution in [3.63, 3.8) is 0 Å². The second-order valence-electron chi connectivity index (χ2n) is 5.82. The van der Waals surface area contributed by atoms with Gasteiger partial charge in [0.15, 0.2) is 0 Å². The lowest BCUT2D eigenvalue weighted by Crippen LogP contribution is -2.04. The largest absolute Gasteiger partial charge is 0.324 e. The number of fused-ring (bicyclic) bond motifs is 2. The highest BCUT2D eigenvalue weighted by Gasteiger charge is 2.20. The van der Waals surface area contributed by atoms with Crippen molar-refractivity contribution < 1.29 is 0 Å². The fourth-order valence-electron chi connectivity index (χ4n) is 3.32. The number of rotatable bonds is 1. The van der Waals surface area contributed by atoms with Crippen molar-refractivity contribution in [3.8, 4) is 0 Å². The summed E-state index contributed by atoms with van der Waals surface area (Å²) in [5, 5.41) is 2.46. The van der Waals surface area contributed by atoms with Gasteiger partial charge in [0.25, 0.3) is 0 Å². The molecule has 2 unspecified atom stereocenters. The van der Waals surface area contributed by atoms with Crippen molar-refractivity contribution in [1.29, 1.82) is 0 Å². The van der Waals surface area contributed by atoms with Gasteiger partial charge in [0.05, 0.1) is 11.2 Å². The number of nitrogens with two attached hydrogens (primary N) is 1. The third-order valence-electron chi connectivity index (χ3n) is 4.49. The molecule has 2 aliphatic rings. The van der Waals surface area contributed by atoms with Crippen LogP contribution >= 0.6 is 12.2 Å². The molecule has 0 spiro atoms. The molecule has 0 radical (unpaired) electrons. The van der Waals surface area contributed by atoms with Gasteiger partial charge in [0.1, 0.15) is 0 Å². The number of isothiocyanates is 1. The van der Waals surface area contributed by atoms with Crippen LogP contribution in [0.2, 0.25) is 0 Å². The molecule has 22 heavy (non-hydrogen) atoms. The van der Waals surface area contributed by atoms with Crippen molar-refractivity contribution in [3.05, 3.63) is 70.8 Å². The van der Waals surface area contributed by atoms with E-state index < -0.39 is 0 Å². The van der Waals surface area contributed by atoms with Crippen molar-refractivity contribution in [2.24, 2.45) is 10.7 Å². The number of thiocarbonyl (C=S) groups is 1. The van der Waals surface area contributed by atoms with Crippen LogP contribution in [0.5, 0.6) is 0 Å². The van der Waals surface area contributed by atoms with Gasteiger partial charge in [-0.15, -0.1) is 0 Å². The van der Waals surface area contributed by atoms with Gasteiger partial charge in [-0.2, -0.15) is 0 Å². The molecule has 0 saturated carbocycles. The van der Waals surface area contributed by atoms with E-state index in [9.17, 15) is 0 Å². The molecule has 0 aromatic heterocycles. The summed E-state index contributed by atoms with van der Waals surface area (Å²) in [6.45, 7) is 0. The first kappa shape index (κ1) is 15.1. The molecule has 112 valence electrons. The number of aliphatic imine (C=N–C) groups is 1. The fourth-order valence-corrected chi connectivity index (χ4v) is 3.45. The minimum absolute atomic E-state index is 0.277. The normalized spacial score (nSPS) is 21.1. The number of hydrogen-bond acceptors (Lipinski definition) is 3. The lowest BCUT2D eigenvalue weighted by atomic mass is 10.1. The second-order valence-corrected chi connectivity index (χ2v) is 6.00. The summed E-state index contributed by atoms with van der Waals surface area (Å²) in [5.74, 6) is 0. The number of nitrogens with zero attached hydrogens (tertiary/aromatic N) is 1. The molecule has 0 aliphatic heterocycles. The molecule has 2 aliphatic carbocycles. The predicted molar refractivity (Wildman–Crippen MR) is 94.2 cm³/mol. The highest BCUT2D eigenvalue weighted by molar-refractivity contribution is 7.78. The zero-order valence-corrected chi connectivity index (χ0v) is 13.4. The molecular weight excluding hydrogens is 288 g/mol. The first-order valence-electron chi connectivity index (χ1n) is 7.77. The fraction of sp³-hybridized carbons (Fsp3) is 0.316. The molecule has 2 nitrogen and oxygen atoms in total. The number of benzene rings is 2. The first-order chi connectivity index (χ1) is 10.8. The molecule has 2 aromatic carbocycles. The zero-order chi connectivity index (χ0) is 15.4. The molecule has 2 atom stereocenters. The quantitative estimate of drug-likeness (QED) is 0.626. The van der Waals surface area contributed by atoms with Gasteiger partial charge >= 0.3 is 0 Å². The molecule has 0 fully saturated rings. The monoisotopic (exact) mass is 308 g/mol. The predicted octanol–water partition coefficient (Wildman–Crippen LogP) is 4.41. The standard InChI is InChI=1S/C10H9NS.C9H11N/c12-7-11-10-6-5-8-3-1-2-4-9(8)10;10-9-6-5-7-3-1-2-4-8(7)9/h1-4,10H,5-6H2;1-4,9H,5-6,10H2. The van der Waals surface area contributed by atoms with Gasteiger partial charge in [0.2, 0.25) is 0 Å². The van der Waals surface area contributed by atoms with Crippen LogP contribution in [-0.4, -0.2) is 5.16 Å². The molecule has 2 N–H and O–H groups in total. The molecular formula is C19H20N2S. The van der Waals surface area contributed by atoms with Crippen molar-refractivity contribution >= 4 is 17.4 Å². The Balaban J connectivity index is 0.000000133. The Labute approximate surface area is 137 Å². The highest BCUT2D eigenvalue weighted by atomic mass is 32.1. The summed E-state index contributed by atoms with van der Waals surface area (Å²) < 4.78 is 0.